The van der Waals surface area contributed by atoms with Crippen LogP contribution in [-0.2, 0) is 0 Å². The predicted molar refractivity (Wildman–Crippen MR) is 71.6 cm³/mol. The topological polar surface area (TPSA) is 12.0 Å². The molecule has 0 aromatic carbocycles. The van der Waals surface area contributed by atoms with Gasteiger partial charge in [-0.2, -0.15) is 11.8 Å². The van der Waals surface area contributed by atoms with Gasteiger partial charge >= 0.3 is 0 Å². The summed E-state index contributed by atoms with van der Waals surface area (Å²) in [6.45, 7) is 9.29. The molecule has 90 valence electrons. The van der Waals surface area contributed by atoms with Gasteiger partial charge in [0.1, 0.15) is 0 Å². The Balaban J connectivity index is 2.48. The molecule has 0 bridgehead atoms. The molecular weight excluding hydrogens is 202 g/mol. The molecule has 0 aliphatic heterocycles. The fraction of sp³-hybridized carbons (Fsp3) is 1.00. The first-order valence-corrected chi connectivity index (χ1v) is 7.53. The summed E-state index contributed by atoms with van der Waals surface area (Å²) in [5.74, 6) is 0. The largest absolute Gasteiger partial charge is 0.310 e. The molecule has 0 radical (unpaired) electrons. The van der Waals surface area contributed by atoms with Gasteiger partial charge in [-0.25, -0.2) is 0 Å². The molecule has 1 aliphatic rings. The molecule has 1 fully saturated rings. The summed E-state index contributed by atoms with van der Waals surface area (Å²) in [7, 11) is 0. The molecule has 0 aromatic heterocycles. The molecule has 0 spiro atoms. The normalized spacial score (nSPS) is 30.2. The summed E-state index contributed by atoms with van der Waals surface area (Å²) >= 11 is 2.04. The first kappa shape index (κ1) is 13.4. The Labute approximate surface area is 99.8 Å². The number of hydrogen-bond donors (Lipinski definition) is 1. The Morgan fingerprint density at radius 3 is 2.33 bits per heavy atom. The van der Waals surface area contributed by atoms with E-state index in [0.29, 0.717) is 11.5 Å². The molecule has 1 rings (SSSR count). The van der Waals surface area contributed by atoms with Crippen LogP contribution in [0.5, 0.6) is 0 Å². The van der Waals surface area contributed by atoms with Crippen LogP contribution in [0.25, 0.3) is 0 Å². The van der Waals surface area contributed by atoms with Gasteiger partial charge in [0.05, 0.1) is 0 Å². The van der Waals surface area contributed by atoms with E-state index in [0.717, 1.165) is 11.3 Å². The highest BCUT2D eigenvalue weighted by Crippen LogP contribution is 2.29. The lowest BCUT2D eigenvalue weighted by Crippen LogP contribution is -2.49. The Morgan fingerprint density at radius 1 is 1.20 bits per heavy atom. The second kappa shape index (κ2) is 5.58. The maximum absolute atomic E-state index is 3.84. The van der Waals surface area contributed by atoms with Gasteiger partial charge < -0.3 is 5.32 Å². The van der Waals surface area contributed by atoms with E-state index in [1.165, 1.54) is 25.7 Å². The van der Waals surface area contributed by atoms with Crippen molar-refractivity contribution in [1.29, 1.82) is 0 Å². The van der Waals surface area contributed by atoms with Crippen LogP contribution in [0, 0.1) is 5.41 Å². The molecule has 1 saturated carbocycles. The summed E-state index contributed by atoms with van der Waals surface area (Å²) in [6, 6.07) is 1.35. The number of rotatable bonds is 3. The zero-order valence-corrected chi connectivity index (χ0v) is 11.8. The third-order valence-electron chi connectivity index (χ3n) is 3.77. The Kier molecular flexibility index (Phi) is 4.98. The molecule has 0 saturated heterocycles. The van der Waals surface area contributed by atoms with Gasteiger partial charge in [-0.3, -0.25) is 0 Å². The van der Waals surface area contributed by atoms with E-state index in [-0.39, 0.29) is 0 Å². The maximum atomic E-state index is 3.84. The first-order chi connectivity index (χ1) is 6.95. The van der Waals surface area contributed by atoms with E-state index in [9.17, 15) is 0 Å². The third-order valence-corrected chi connectivity index (χ3v) is 4.94. The van der Waals surface area contributed by atoms with Crippen LogP contribution >= 0.6 is 11.8 Å². The minimum atomic E-state index is 0.375. The standard InChI is InChI=1S/C13H27NS/c1-10(13(2,3)4)14-11-8-6-7-9-12(11)15-5/h10-12,14H,6-9H2,1-5H3. The monoisotopic (exact) mass is 229 g/mol. The Hall–Kier alpha value is 0.310. The molecule has 0 heterocycles. The van der Waals surface area contributed by atoms with Crippen molar-refractivity contribution in [2.45, 2.75) is 70.7 Å². The summed E-state index contributed by atoms with van der Waals surface area (Å²) in [5.41, 5.74) is 0.375. The minimum absolute atomic E-state index is 0.375. The molecule has 1 N–H and O–H groups in total. The highest BCUT2D eigenvalue weighted by atomic mass is 32.2. The van der Waals surface area contributed by atoms with Gasteiger partial charge in [0.25, 0.3) is 0 Å². The van der Waals surface area contributed by atoms with Crippen LogP contribution in [0.3, 0.4) is 0 Å². The highest BCUT2D eigenvalue weighted by molar-refractivity contribution is 7.99. The lowest BCUT2D eigenvalue weighted by atomic mass is 9.86. The lowest BCUT2D eigenvalue weighted by Gasteiger charge is -2.37. The van der Waals surface area contributed by atoms with Crippen LogP contribution < -0.4 is 5.32 Å². The molecule has 1 nitrogen and oxygen atoms in total. The molecule has 0 amide bonds. The van der Waals surface area contributed by atoms with E-state index in [2.05, 4.69) is 39.3 Å². The second-order valence-corrected chi connectivity index (χ2v) is 7.00. The van der Waals surface area contributed by atoms with Crippen molar-refractivity contribution in [3.05, 3.63) is 0 Å². The Morgan fingerprint density at radius 2 is 1.80 bits per heavy atom. The molecule has 0 aromatic rings. The van der Waals surface area contributed by atoms with E-state index < -0.39 is 0 Å². The van der Waals surface area contributed by atoms with Crippen molar-refractivity contribution in [2.24, 2.45) is 5.41 Å². The second-order valence-electron chi connectivity index (χ2n) is 5.92. The fourth-order valence-corrected chi connectivity index (χ4v) is 3.09. The van der Waals surface area contributed by atoms with Crippen molar-refractivity contribution in [3.63, 3.8) is 0 Å². The lowest BCUT2D eigenvalue weighted by molar-refractivity contribution is 0.241. The first-order valence-electron chi connectivity index (χ1n) is 6.24. The summed E-state index contributed by atoms with van der Waals surface area (Å²) in [4.78, 5) is 0. The quantitative estimate of drug-likeness (QED) is 0.792. The molecule has 3 unspecified atom stereocenters. The van der Waals surface area contributed by atoms with Crippen molar-refractivity contribution < 1.29 is 0 Å². The minimum Gasteiger partial charge on any atom is -0.310 e. The van der Waals surface area contributed by atoms with Crippen molar-refractivity contribution in [1.82, 2.24) is 5.32 Å². The average Bonchev–Trinajstić information content (AvgIpc) is 2.17. The van der Waals surface area contributed by atoms with Crippen LogP contribution in [0.1, 0.15) is 53.4 Å². The van der Waals surface area contributed by atoms with Crippen molar-refractivity contribution in [3.8, 4) is 0 Å². The maximum Gasteiger partial charge on any atom is 0.0198 e. The Bertz CT molecular complexity index is 185. The van der Waals surface area contributed by atoms with E-state index >= 15 is 0 Å². The summed E-state index contributed by atoms with van der Waals surface area (Å²) < 4.78 is 0. The van der Waals surface area contributed by atoms with Crippen LogP contribution in [0.15, 0.2) is 0 Å². The van der Waals surface area contributed by atoms with Gasteiger partial charge in [-0.15, -0.1) is 0 Å². The number of thioether (sulfide) groups is 1. The van der Waals surface area contributed by atoms with E-state index in [1.807, 2.05) is 11.8 Å². The summed E-state index contributed by atoms with van der Waals surface area (Å²) in [5, 5.41) is 4.68. The molecule has 15 heavy (non-hydrogen) atoms. The summed E-state index contributed by atoms with van der Waals surface area (Å²) in [6.07, 6.45) is 7.85. The van der Waals surface area contributed by atoms with Crippen LogP contribution in [0.2, 0.25) is 0 Å². The van der Waals surface area contributed by atoms with Crippen LogP contribution in [-0.4, -0.2) is 23.6 Å². The van der Waals surface area contributed by atoms with Crippen LogP contribution in [0.4, 0.5) is 0 Å². The number of nitrogens with one attached hydrogen (secondary N) is 1. The molecular formula is C13H27NS. The van der Waals surface area contributed by atoms with Gasteiger partial charge in [0.15, 0.2) is 0 Å². The number of hydrogen-bond acceptors (Lipinski definition) is 2. The zero-order valence-electron chi connectivity index (χ0n) is 11.0. The van der Waals surface area contributed by atoms with E-state index in [4.69, 9.17) is 0 Å². The predicted octanol–water partition coefficient (Wildman–Crippen LogP) is 3.68. The molecule has 2 heteroatoms. The van der Waals surface area contributed by atoms with Gasteiger partial charge in [0, 0.05) is 17.3 Å². The van der Waals surface area contributed by atoms with Gasteiger partial charge in [0.2, 0.25) is 0 Å². The highest BCUT2D eigenvalue weighted by Gasteiger charge is 2.28. The van der Waals surface area contributed by atoms with E-state index in [1.54, 1.807) is 0 Å². The fourth-order valence-electron chi connectivity index (χ4n) is 2.14. The zero-order chi connectivity index (χ0) is 11.5. The SMILES string of the molecule is CSC1CCCCC1NC(C)C(C)(C)C. The molecule has 3 atom stereocenters. The molecule has 1 aliphatic carbocycles. The van der Waals surface area contributed by atoms with Gasteiger partial charge in [-0.1, -0.05) is 33.6 Å². The smallest absolute Gasteiger partial charge is 0.0198 e. The van der Waals surface area contributed by atoms with Crippen molar-refractivity contribution >= 4 is 11.8 Å². The third kappa shape index (κ3) is 3.99. The average molecular weight is 229 g/mol. The van der Waals surface area contributed by atoms with Gasteiger partial charge in [-0.05, 0) is 31.4 Å². The van der Waals surface area contributed by atoms with Crippen molar-refractivity contribution in [2.75, 3.05) is 6.26 Å².